The SMILES string of the molecule is Nc1ncnc2c1nc(NCCCCCNc1nc3c(N)ncnc3n1C1OC(CO)C(O)C1O)n2C1OC(CO)C(O)C1O. The first-order chi connectivity index (χ1) is 21.7. The third-order valence-corrected chi connectivity index (χ3v) is 7.97. The number of nitrogens with two attached hydrogens (primary N) is 2. The van der Waals surface area contributed by atoms with E-state index in [1.807, 2.05) is 0 Å². The standard InChI is InChI=1S/C25H36N12O8/c26-18-12-20(32-8-30-18)36(22-16(42)14(40)10(6-38)44-22)24(34-12)28-4-2-1-3-5-29-25-35-13-19(27)31-9-33-21(13)37(25)23-17(43)15(41)11(7-39)45-23/h8-11,14-17,22-23,38-43H,1-7H2,(H,28,34)(H,29,35)(H2,26,30,32)(H2,27,31,33). The molecule has 0 amide bonds. The monoisotopic (exact) mass is 632 g/mol. The molecule has 2 aliphatic rings. The summed E-state index contributed by atoms with van der Waals surface area (Å²) in [6.07, 6.45) is -4.74. The molecule has 0 spiro atoms. The lowest BCUT2D eigenvalue weighted by atomic mass is 10.1. The Labute approximate surface area is 254 Å². The average Bonchev–Trinajstić information content (AvgIpc) is 3.75. The van der Waals surface area contributed by atoms with Gasteiger partial charge in [-0.1, -0.05) is 0 Å². The molecule has 0 aliphatic carbocycles. The molecular formula is C25H36N12O8. The van der Waals surface area contributed by atoms with E-state index in [1.54, 1.807) is 0 Å². The van der Waals surface area contributed by atoms with Gasteiger partial charge in [-0.2, -0.15) is 0 Å². The number of nitrogens with zero attached hydrogens (tertiary/aromatic N) is 8. The van der Waals surface area contributed by atoms with Gasteiger partial charge in [0, 0.05) is 13.1 Å². The number of ether oxygens (including phenoxy) is 2. The molecule has 4 aromatic heterocycles. The maximum atomic E-state index is 10.6. The van der Waals surface area contributed by atoms with Gasteiger partial charge >= 0.3 is 0 Å². The predicted octanol–water partition coefficient (Wildman–Crippen LogP) is -2.95. The third-order valence-electron chi connectivity index (χ3n) is 7.97. The van der Waals surface area contributed by atoms with Crippen molar-refractivity contribution in [1.82, 2.24) is 39.0 Å². The molecule has 2 fully saturated rings. The van der Waals surface area contributed by atoms with E-state index in [2.05, 4.69) is 40.5 Å². The minimum absolute atomic E-state index is 0.135. The second kappa shape index (κ2) is 12.8. The molecule has 244 valence electrons. The second-order valence-corrected chi connectivity index (χ2v) is 10.8. The van der Waals surface area contributed by atoms with Crippen LogP contribution in [0.5, 0.6) is 0 Å². The van der Waals surface area contributed by atoms with Crippen LogP contribution in [0.2, 0.25) is 0 Å². The van der Waals surface area contributed by atoms with Crippen LogP contribution in [0, 0.1) is 0 Å². The normalized spacial score (nSPS) is 28.4. The molecule has 0 radical (unpaired) electrons. The minimum Gasteiger partial charge on any atom is -0.394 e. The maximum absolute atomic E-state index is 10.6. The number of aliphatic hydroxyl groups excluding tert-OH is 6. The van der Waals surface area contributed by atoms with Crippen LogP contribution in [-0.2, 0) is 9.47 Å². The van der Waals surface area contributed by atoms with Gasteiger partial charge in [0.15, 0.2) is 46.4 Å². The van der Waals surface area contributed by atoms with Crippen molar-refractivity contribution in [2.45, 2.75) is 68.3 Å². The van der Waals surface area contributed by atoms with Crippen LogP contribution in [0.15, 0.2) is 12.7 Å². The molecule has 0 aromatic carbocycles. The molecule has 0 bridgehead atoms. The Morgan fingerprint density at radius 3 is 1.44 bits per heavy atom. The fourth-order valence-electron chi connectivity index (χ4n) is 5.60. The summed E-state index contributed by atoms with van der Waals surface area (Å²) in [4.78, 5) is 25.4. The molecule has 4 aromatic rings. The summed E-state index contributed by atoms with van der Waals surface area (Å²) >= 11 is 0. The van der Waals surface area contributed by atoms with Crippen LogP contribution in [0.4, 0.5) is 23.5 Å². The maximum Gasteiger partial charge on any atom is 0.207 e. The molecule has 20 heteroatoms. The van der Waals surface area contributed by atoms with Crippen LogP contribution in [0.3, 0.4) is 0 Å². The topological polar surface area (TPSA) is 303 Å². The highest BCUT2D eigenvalue weighted by molar-refractivity contribution is 5.84. The zero-order chi connectivity index (χ0) is 31.8. The van der Waals surface area contributed by atoms with Crippen molar-refractivity contribution in [3.8, 4) is 0 Å². The van der Waals surface area contributed by atoms with Gasteiger partial charge in [-0.25, -0.2) is 29.9 Å². The second-order valence-electron chi connectivity index (χ2n) is 10.8. The van der Waals surface area contributed by atoms with Crippen molar-refractivity contribution in [3.63, 3.8) is 0 Å². The molecule has 12 N–H and O–H groups in total. The molecular weight excluding hydrogens is 596 g/mol. The van der Waals surface area contributed by atoms with E-state index in [0.29, 0.717) is 60.2 Å². The molecule has 20 nitrogen and oxygen atoms in total. The molecule has 2 aliphatic heterocycles. The number of aromatic nitrogens is 8. The van der Waals surface area contributed by atoms with Crippen LogP contribution in [0.1, 0.15) is 31.7 Å². The van der Waals surface area contributed by atoms with Crippen molar-refractivity contribution in [1.29, 1.82) is 0 Å². The number of hydrogen-bond donors (Lipinski definition) is 10. The quantitative estimate of drug-likeness (QED) is 0.0698. The highest BCUT2D eigenvalue weighted by atomic mass is 16.6. The lowest BCUT2D eigenvalue weighted by molar-refractivity contribution is -0.0501. The Hall–Kier alpha value is -4.02. The van der Waals surface area contributed by atoms with Crippen LogP contribution >= 0.6 is 0 Å². The van der Waals surface area contributed by atoms with E-state index in [-0.39, 0.29) is 11.6 Å². The first kappa shape index (κ1) is 31.0. The summed E-state index contributed by atoms with van der Waals surface area (Å²) in [5.41, 5.74) is 13.2. The van der Waals surface area contributed by atoms with Gasteiger partial charge in [0.25, 0.3) is 0 Å². The highest BCUT2D eigenvalue weighted by Crippen LogP contribution is 2.36. The number of anilines is 4. The largest absolute Gasteiger partial charge is 0.394 e. The Bertz CT molecular complexity index is 1520. The number of aliphatic hydroxyl groups is 6. The summed E-state index contributed by atoms with van der Waals surface area (Å²) < 4.78 is 14.4. The minimum atomic E-state index is -1.35. The molecule has 8 atom stereocenters. The highest BCUT2D eigenvalue weighted by Gasteiger charge is 2.46. The van der Waals surface area contributed by atoms with E-state index in [0.717, 1.165) is 6.42 Å². The van der Waals surface area contributed by atoms with Crippen LogP contribution in [-0.4, -0.2) is 133 Å². The third kappa shape index (κ3) is 5.55. The zero-order valence-electron chi connectivity index (χ0n) is 24.0. The predicted molar refractivity (Wildman–Crippen MR) is 156 cm³/mol. The Morgan fingerprint density at radius 1 is 0.644 bits per heavy atom. The smallest absolute Gasteiger partial charge is 0.207 e. The molecule has 6 heterocycles. The average molecular weight is 633 g/mol. The number of nitrogen functional groups attached to an aromatic ring is 2. The van der Waals surface area contributed by atoms with Crippen molar-refractivity contribution in [3.05, 3.63) is 12.7 Å². The van der Waals surface area contributed by atoms with E-state index in [1.165, 1.54) is 21.8 Å². The zero-order valence-corrected chi connectivity index (χ0v) is 24.0. The van der Waals surface area contributed by atoms with Crippen molar-refractivity contribution in [2.24, 2.45) is 0 Å². The van der Waals surface area contributed by atoms with Gasteiger partial charge in [0.05, 0.1) is 13.2 Å². The lowest BCUT2D eigenvalue weighted by Gasteiger charge is -2.20. The van der Waals surface area contributed by atoms with Crippen molar-refractivity contribution in [2.75, 3.05) is 48.4 Å². The van der Waals surface area contributed by atoms with E-state index >= 15 is 0 Å². The van der Waals surface area contributed by atoms with Crippen LogP contribution < -0.4 is 22.1 Å². The summed E-state index contributed by atoms with van der Waals surface area (Å²) in [5.74, 6) is 0.873. The Kier molecular flexibility index (Phi) is 8.79. The number of rotatable bonds is 12. The Morgan fingerprint density at radius 2 is 1.07 bits per heavy atom. The van der Waals surface area contributed by atoms with E-state index in [9.17, 15) is 30.6 Å². The molecule has 0 saturated carbocycles. The number of hydrogen-bond acceptors (Lipinski definition) is 18. The van der Waals surface area contributed by atoms with Gasteiger partial charge in [-0.3, -0.25) is 9.13 Å². The number of fused-ring (bicyclic) bond motifs is 2. The lowest BCUT2D eigenvalue weighted by Crippen LogP contribution is -2.33. The molecule has 2 saturated heterocycles. The van der Waals surface area contributed by atoms with Gasteiger partial charge < -0.3 is 62.2 Å². The fourth-order valence-corrected chi connectivity index (χ4v) is 5.60. The van der Waals surface area contributed by atoms with Gasteiger partial charge in [-0.15, -0.1) is 0 Å². The number of imidazole rings is 2. The first-order valence-corrected chi connectivity index (χ1v) is 14.4. The number of unbranched alkanes of at least 4 members (excludes halogenated alkanes) is 2. The van der Waals surface area contributed by atoms with E-state index < -0.39 is 62.3 Å². The van der Waals surface area contributed by atoms with Gasteiger partial charge in [0.2, 0.25) is 11.9 Å². The van der Waals surface area contributed by atoms with Crippen molar-refractivity contribution >= 4 is 45.9 Å². The molecule has 8 unspecified atom stereocenters. The summed E-state index contributed by atoms with van der Waals surface area (Å²) in [7, 11) is 0. The Balaban J connectivity index is 1.09. The van der Waals surface area contributed by atoms with Crippen molar-refractivity contribution < 1.29 is 40.1 Å². The van der Waals surface area contributed by atoms with E-state index in [4.69, 9.17) is 20.9 Å². The first-order valence-electron chi connectivity index (χ1n) is 14.4. The number of nitrogens with one attached hydrogen (secondary N) is 2. The van der Waals surface area contributed by atoms with Gasteiger partial charge in [0.1, 0.15) is 49.3 Å². The fraction of sp³-hybridized carbons (Fsp3) is 0.600. The summed E-state index contributed by atoms with van der Waals surface area (Å²) in [6, 6.07) is 0. The molecule has 6 rings (SSSR count). The summed E-state index contributed by atoms with van der Waals surface area (Å²) in [5, 5.41) is 67.4. The molecule has 45 heavy (non-hydrogen) atoms. The van der Waals surface area contributed by atoms with Crippen LogP contribution in [0.25, 0.3) is 22.3 Å². The summed E-state index contributed by atoms with van der Waals surface area (Å²) in [6.45, 7) is -0.0191. The van der Waals surface area contributed by atoms with Gasteiger partial charge in [-0.05, 0) is 19.3 Å².